The van der Waals surface area contributed by atoms with Crippen LogP contribution in [0.1, 0.15) is 39.9 Å². The molecule has 11 heteroatoms. The number of rotatable bonds is 10. The van der Waals surface area contributed by atoms with Crippen LogP contribution in [0, 0.1) is 13.8 Å². The number of carbonyl (C=O) groups excluding carboxylic acids is 3. The Hall–Kier alpha value is -4.51. The summed E-state index contributed by atoms with van der Waals surface area (Å²) in [5, 5.41) is 11.2. The van der Waals surface area contributed by atoms with Crippen LogP contribution in [0.15, 0.2) is 57.9 Å². The molecule has 0 atom stereocenters. The Labute approximate surface area is 228 Å². The number of aromatic carboxylic acids is 1. The maximum atomic E-state index is 13.0. The van der Waals surface area contributed by atoms with E-state index in [9.17, 15) is 19.2 Å². The topological polar surface area (TPSA) is 135 Å². The van der Waals surface area contributed by atoms with Gasteiger partial charge >= 0.3 is 5.97 Å². The van der Waals surface area contributed by atoms with Gasteiger partial charge in [0.25, 0.3) is 11.1 Å². The molecule has 1 fully saturated rings. The van der Waals surface area contributed by atoms with Gasteiger partial charge in [-0.3, -0.25) is 19.3 Å². The molecule has 1 aliphatic rings. The molecule has 0 bridgehead atoms. The number of imide groups is 1. The lowest BCUT2D eigenvalue weighted by Gasteiger charge is -2.15. The molecule has 1 aromatic heterocycles. The summed E-state index contributed by atoms with van der Waals surface area (Å²) < 4.78 is 16.6. The fourth-order valence-corrected chi connectivity index (χ4v) is 4.68. The van der Waals surface area contributed by atoms with Gasteiger partial charge in [0.2, 0.25) is 11.7 Å². The molecule has 3 amide bonds. The maximum Gasteiger partial charge on any atom is 0.371 e. The van der Waals surface area contributed by atoms with Crippen molar-refractivity contribution in [3.63, 3.8) is 0 Å². The second-order valence-corrected chi connectivity index (χ2v) is 9.58. The Balaban J connectivity index is 1.45. The lowest BCUT2D eigenvalue weighted by molar-refractivity contribution is -0.127. The molecular weight excluding hydrogens is 524 g/mol. The predicted molar refractivity (Wildman–Crippen MR) is 145 cm³/mol. The number of hydrogen-bond donors (Lipinski definition) is 2. The van der Waals surface area contributed by atoms with Crippen molar-refractivity contribution < 1.29 is 38.2 Å². The van der Waals surface area contributed by atoms with Crippen LogP contribution in [-0.4, -0.2) is 46.2 Å². The van der Waals surface area contributed by atoms with Crippen molar-refractivity contribution in [2.45, 2.75) is 27.4 Å². The van der Waals surface area contributed by atoms with Crippen molar-refractivity contribution in [2.75, 3.05) is 18.5 Å². The molecule has 10 nitrogen and oxygen atoms in total. The van der Waals surface area contributed by atoms with Gasteiger partial charge in [0.1, 0.15) is 18.9 Å². The molecule has 1 aliphatic heterocycles. The highest BCUT2D eigenvalue weighted by molar-refractivity contribution is 8.18. The van der Waals surface area contributed by atoms with Gasteiger partial charge in [-0.1, -0.05) is 24.3 Å². The third-order valence-corrected chi connectivity index (χ3v) is 6.64. The van der Waals surface area contributed by atoms with Crippen LogP contribution < -0.4 is 14.8 Å². The minimum Gasteiger partial charge on any atom is -0.490 e. The number of carboxylic acids is 1. The number of hydrogen-bond acceptors (Lipinski definition) is 8. The third-order valence-electron chi connectivity index (χ3n) is 5.73. The molecule has 4 rings (SSSR count). The SMILES string of the molecule is CCOc1cc(C=C2SC(=O)N(CC(=O)Nc3c(C)cccc3C)C2=O)ccc1OCc1ccc(C(=O)O)o1. The molecular formula is C28H26N2O8S. The summed E-state index contributed by atoms with van der Waals surface area (Å²) in [5.74, 6) is -1.29. The zero-order chi connectivity index (χ0) is 28.1. The van der Waals surface area contributed by atoms with E-state index in [0.717, 1.165) is 27.8 Å². The second kappa shape index (κ2) is 11.9. The largest absolute Gasteiger partial charge is 0.490 e. The normalized spacial score (nSPS) is 14.1. The second-order valence-electron chi connectivity index (χ2n) is 8.58. The van der Waals surface area contributed by atoms with Crippen LogP contribution >= 0.6 is 11.8 Å². The van der Waals surface area contributed by atoms with E-state index >= 15 is 0 Å². The molecule has 0 radical (unpaired) electrons. The van der Waals surface area contributed by atoms with Gasteiger partial charge in [-0.15, -0.1) is 0 Å². The quantitative estimate of drug-likeness (QED) is 0.325. The maximum absolute atomic E-state index is 13.0. The van der Waals surface area contributed by atoms with Crippen LogP contribution in [0.5, 0.6) is 11.5 Å². The molecule has 202 valence electrons. The lowest BCUT2D eigenvalue weighted by atomic mass is 10.1. The number of carbonyl (C=O) groups is 4. The summed E-state index contributed by atoms with van der Waals surface area (Å²) in [6.07, 6.45) is 1.55. The summed E-state index contributed by atoms with van der Waals surface area (Å²) in [4.78, 5) is 50.2. The molecule has 39 heavy (non-hydrogen) atoms. The predicted octanol–water partition coefficient (Wildman–Crippen LogP) is 5.25. The van der Waals surface area contributed by atoms with Crippen LogP contribution in [0.3, 0.4) is 0 Å². The van der Waals surface area contributed by atoms with Gasteiger partial charge < -0.3 is 24.3 Å². The number of furan rings is 1. The fraction of sp³-hybridized carbons (Fsp3) is 0.214. The number of nitrogens with zero attached hydrogens (tertiary/aromatic N) is 1. The summed E-state index contributed by atoms with van der Waals surface area (Å²) >= 11 is 0.753. The number of ether oxygens (including phenoxy) is 2. The van der Waals surface area contributed by atoms with Crippen molar-refractivity contribution in [1.29, 1.82) is 0 Å². The van der Waals surface area contributed by atoms with Crippen molar-refractivity contribution in [2.24, 2.45) is 0 Å². The highest BCUT2D eigenvalue weighted by Gasteiger charge is 2.36. The third kappa shape index (κ3) is 6.50. The van der Waals surface area contributed by atoms with Crippen LogP contribution in [0.4, 0.5) is 10.5 Å². The average Bonchev–Trinajstić information content (AvgIpc) is 3.47. The van der Waals surface area contributed by atoms with Gasteiger partial charge in [0.05, 0.1) is 11.5 Å². The average molecular weight is 551 g/mol. The molecule has 0 unspecified atom stereocenters. The number of amides is 3. The zero-order valence-electron chi connectivity index (χ0n) is 21.5. The van der Waals surface area contributed by atoms with E-state index in [1.165, 1.54) is 12.1 Å². The number of thioether (sulfide) groups is 1. The number of carboxylic acid groups (broad SMARTS) is 1. The summed E-state index contributed by atoms with van der Waals surface area (Å²) in [7, 11) is 0. The van der Waals surface area contributed by atoms with Crippen LogP contribution in [-0.2, 0) is 16.2 Å². The zero-order valence-corrected chi connectivity index (χ0v) is 22.3. The number of aryl methyl sites for hydroxylation is 2. The molecule has 2 N–H and O–H groups in total. The smallest absolute Gasteiger partial charge is 0.371 e. The van der Waals surface area contributed by atoms with Crippen LogP contribution in [0.2, 0.25) is 0 Å². The highest BCUT2D eigenvalue weighted by Crippen LogP contribution is 2.35. The lowest BCUT2D eigenvalue weighted by Crippen LogP contribution is -2.36. The minimum atomic E-state index is -1.17. The molecule has 3 aromatic rings. The van der Waals surface area contributed by atoms with Crippen molar-refractivity contribution in [1.82, 2.24) is 4.90 Å². The molecule has 1 saturated heterocycles. The Bertz CT molecular complexity index is 1460. The van der Waals surface area contributed by atoms with E-state index in [-0.39, 0.29) is 17.3 Å². The van der Waals surface area contributed by atoms with E-state index in [2.05, 4.69) is 5.32 Å². The van der Waals surface area contributed by atoms with Crippen molar-refractivity contribution >= 4 is 46.5 Å². The van der Waals surface area contributed by atoms with E-state index < -0.39 is 29.6 Å². The van der Waals surface area contributed by atoms with E-state index in [4.69, 9.17) is 19.0 Å². The van der Waals surface area contributed by atoms with E-state index in [1.54, 1.807) is 31.2 Å². The first-order valence-electron chi connectivity index (χ1n) is 12.0. The molecule has 2 aromatic carbocycles. The molecule has 0 spiro atoms. The summed E-state index contributed by atoms with van der Waals surface area (Å²) in [5.41, 5.74) is 3.00. The van der Waals surface area contributed by atoms with Crippen LogP contribution in [0.25, 0.3) is 6.08 Å². The summed E-state index contributed by atoms with van der Waals surface area (Å²) in [6.45, 7) is 5.46. The molecule has 0 saturated carbocycles. The number of benzene rings is 2. The molecule has 2 heterocycles. The Morgan fingerprint density at radius 3 is 2.46 bits per heavy atom. The van der Waals surface area contributed by atoms with Gasteiger partial charge in [-0.25, -0.2) is 4.79 Å². The minimum absolute atomic E-state index is 0.0182. The Kier molecular flexibility index (Phi) is 8.40. The first kappa shape index (κ1) is 27.5. The monoisotopic (exact) mass is 550 g/mol. The highest BCUT2D eigenvalue weighted by atomic mass is 32.2. The van der Waals surface area contributed by atoms with Gasteiger partial charge in [0.15, 0.2) is 11.5 Å². The standard InChI is InChI=1S/C28H26N2O8S/c1-4-36-22-12-18(8-10-20(22)37-15-19-9-11-21(38-19)27(33)34)13-23-26(32)30(28(35)39-23)14-24(31)29-25-16(2)6-5-7-17(25)3/h5-13H,4,14-15H2,1-3H3,(H,29,31)(H,33,34). The van der Waals surface area contributed by atoms with Crippen molar-refractivity contribution in [3.05, 3.63) is 81.6 Å². The Morgan fingerprint density at radius 1 is 1.05 bits per heavy atom. The molecule has 0 aliphatic carbocycles. The van der Waals surface area contributed by atoms with E-state index in [0.29, 0.717) is 35.1 Å². The fourth-order valence-electron chi connectivity index (χ4n) is 3.84. The first-order chi connectivity index (χ1) is 18.7. The van der Waals surface area contributed by atoms with Gasteiger partial charge in [-0.05, 0) is 79.6 Å². The summed E-state index contributed by atoms with van der Waals surface area (Å²) in [6, 6.07) is 13.4. The number of para-hydroxylation sites is 1. The van der Waals surface area contributed by atoms with Crippen molar-refractivity contribution in [3.8, 4) is 11.5 Å². The van der Waals surface area contributed by atoms with E-state index in [1.807, 2.05) is 32.0 Å². The van der Waals surface area contributed by atoms with Gasteiger partial charge in [-0.2, -0.15) is 0 Å². The first-order valence-corrected chi connectivity index (χ1v) is 12.8. The number of anilines is 1. The van der Waals surface area contributed by atoms with Gasteiger partial charge in [0, 0.05) is 5.69 Å². The number of nitrogens with one attached hydrogen (secondary N) is 1. The Morgan fingerprint density at radius 2 is 1.79 bits per heavy atom.